The summed E-state index contributed by atoms with van der Waals surface area (Å²) in [6, 6.07) is 8.03. The second-order valence-electron chi connectivity index (χ2n) is 4.83. The molecule has 1 N–H and O–H groups in total. The molecule has 1 heterocycles. The van der Waals surface area contributed by atoms with Gasteiger partial charge in [0.2, 0.25) is 0 Å². The summed E-state index contributed by atoms with van der Waals surface area (Å²) in [6.45, 7) is 4.14. The van der Waals surface area contributed by atoms with Crippen LogP contribution in [0.1, 0.15) is 37.2 Å². The maximum absolute atomic E-state index is 10.2. The van der Waals surface area contributed by atoms with Crippen LogP contribution in [0.25, 0.3) is 0 Å². The van der Waals surface area contributed by atoms with Crippen molar-refractivity contribution < 1.29 is 9.84 Å². The topological polar surface area (TPSA) is 32.8 Å². The van der Waals surface area contributed by atoms with Crippen LogP contribution >= 0.6 is 0 Å². The van der Waals surface area contributed by atoms with Crippen molar-refractivity contribution >= 4 is 0 Å². The Morgan fingerprint density at radius 1 is 1.21 bits per heavy atom. The van der Waals surface area contributed by atoms with Gasteiger partial charge in [-0.3, -0.25) is 0 Å². The zero-order chi connectivity index (χ0) is 9.92. The van der Waals surface area contributed by atoms with E-state index in [-0.39, 0.29) is 17.6 Å². The van der Waals surface area contributed by atoms with Gasteiger partial charge < -0.3 is 9.84 Å². The van der Waals surface area contributed by atoms with Crippen molar-refractivity contribution in [2.75, 3.05) is 0 Å². The van der Waals surface area contributed by atoms with Crippen molar-refractivity contribution in [3.63, 3.8) is 0 Å². The molecule has 3 atom stereocenters. The van der Waals surface area contributed by atoms with E-state index in [0.717, 1.165) is 5.56 Å². The molecule has 1 saturated heterocycles. The van der Waals surface area contributed by atoms with Crippen LogP contribution < -0.4 is 0 Å². The molecular formula is C12H14O2. The predicted octanol–water partition coefficient (Wildman–Crippen LogP) is 2.20. The Morgan fingerprint density at radius 3 is 2.57 bits per heavy atom. The van der Waals surface area contributed by atoms with Gasteiger partial charge in [-0.05, 0) is 11.1 Å². The summed E-state index contributed by atoms with van der Waals surface area (Å²) in [5.74, 6) is 0. The molecule has 0 unspecified atom stereocenters. The van der Waals surface area contributed by atoms with Crippen LogP contribution in [0.15, 0.2) is 24.3 Å². The average molecular weight is 190 g/mol. The summed E-state index contributed by atoms with van der Waals surface area (Å²) in [5.41, 5.74) is 2.06. The zero-order valence-corrected chi connectivity index (χ0v) is 8.40. The van der Waals surface area contributed by atoms with E-state index in [1.54, 1.807) is 0 Å². The van der Waals surface area contributed by atoms with Gasteiger partial charge in [0.05, 0.1) is 12.2 Å². The summed E-state index contributed by atoms with van der Waals surface area (Å²) in [6.07, 6.45) is 0.0273. The monoisotopic (exact) mass is 190 g/mol. The number of aliphatic hydroxyl groups is 1. The molecule has 1 fully saturated rings. The molecule has 0 radical (unpaired) electrons. The minimum atomic E-state index is -0.401. The van der Waals surface area contributed by atoms with Gasteiger partial charge in [0.15, 0.2) is 0 Å². The molecule has 1 aliphatic carbocycles. The van der Waals surface area contributed by atoms with Crippen molar-refractivity contribution in [1.29, 1.82) is 0 Å². The molecule has 2 nitrogen and oxygen atoms in total. The third-order valence-corrected chi connectivity index (χ3v) is 3.53. The average Bonchev–Trinajstić information content (AvgIpc) is 2.95. The molecule has 2 heteroatoms. The minimum Gasteiger partial charge on any atom is -0.388 e. The van der Waals surface area contributed by atoms with Crippen LogP contribution in [0.2, 0.25) is 0 Å². The molecule has 1 aromatic rings. The van der Waals surface area contributed by atoms with Crippen molar-refractivity contribution in [2.24, 2.45) is 5.41 Å². The smallest absolute Gasteiger partial charge is 0.110 e. The van der Waals surface area contributed by atoms with Crippen molar-refractivity contribution in [3.8, 4) is 0 Å². The molecule has 0 aromatic heterocycles. The number of rotatable bonds is 0. The van der Waals surface area contributed by atoms with Crippen molar-refractivity contribution in [3.05, 3.63) is 35.4 Å². The maximum Gasteiger partial charge on any atom is 0.110 e. The van der Waals surface area contributed by atoms with Crippen LogP contribution in [0, 0.1) is 5.41 Å². The van der Waals surface area contributed by atoms with Crippen LogP contribution in [-0.4, -0.2) is 11.2 Å². The summed E-state index contributed by atoms with van der Waals surface area (Å²) < 4.78 is 5.63. The Morgan fingerprint density at radius 2 is 1.86 bits per heavy atom. The second kappa shape index (κ2) is 2.38. The number of aliphatic hydroxyl groups excluding tert-OH is 1. The van der Waals surface area contributed by atoms with E-state index < -0.39 is 6.10 Å². The quantitative estimate of drug-likeness (QED) is 0.636. The van der Waals surface area contributed by atoms with E-state index in [1.807, 2.05) is 18.2 Å². The number of epoxide rings is 1. The Balaban J connectivity index is 2.17. The second-order valence-corrected chi connectivity index (χ2v) is 4.83. The first-order chi connectivity index (χ1) is 6.62. The van der Waals surface area contributed by atoms with E-state index in [2.05, 4.69) is 19.9 Å². The standard InChI is InChI=1S/C12H14O2/c1-12(2)10(13)8-6-4-3-5-7(8)9-11(12)14-9/h3-6,9-11,13H,1-2H3/t9-,10+,11-/m0/s1. The van der Waals surface area contributed by atoms with Gasteiger partial charge in [0, 0.05) is 5.41 Å². The Hall–Kier alpha value is -0.860. The summed E-state index contributed by atoms with van der Waals surface area (Å²) in [7, 11) is 0. The normalized spacial score (nSPS) is 37.2. The first-order valence-electron chi connectivity index (χ1n) is 5.04. The lowest BCUT2D eigenvalue weighted by Crippen LogP contribution is -2.32. The van der Waals surface area contributed by atoms with E-state index >= 15 is 0 Å². The van der Waals surface area contributed by atoms with Crippen LogP contribution in [0.3, 0.4) is 0 Å². The van der Waals surface area contributed by atoms with Crippen LogP contribution in [-0.2, 0) is 4.74 Å². The minimum absolute atomic E-state index is 0.154. The largest absolute Gasteiger partial charge is 0.388 e. The van der Waals surface area contributed by atoms with Gasteiger partial charge in [-0.15, -0.1) is 0 Å². The lowest BCUT2D eigenvalue weighted by molar-refractivity contribution is 0.0262. The fourth-order valence-corrected chi connectivity index (χ4v) is 2.49. The number of benzene rings is 1. The summed E-state index contributed by atoms with van der Waals surface area (Å²) in [4.78, 5) is 0. The number of ether oxygens (including phenoxy) is 1. The third kappa shape index (κ3) is 0.877. The highest BCUT2D eigenvalue weighted by molar-refractivity contribution is 5.39. The predicted molar refractivity (Wildman–Crippen MR) is 52.8 cm³/mol. The molecule has 1 aromatic carbocycles. The zero-order valence-electron chi connectivity index (χ0n) is 8.40. The van der Waals surface area contributed by atoms with Gasteiger partial charge in [0.1, 0.15) is 6.10 Å². The Labute approximate surface area is 83.5 Å². The molecule has 0 bridgehead atoms. The van der Waals surface area contributed by atoms with Gasteiger partial charge in [-0.1, -0.05) is 38.1 Å². The molecule has 0 amide bonds. The molecule has 14 heavy (non-hydrogen) atoms. The highest BCUT2D eigenvalue weighted by atomic mass is 16.6. The SMILES string of the molecule is CC1(C)[C@H](O)c2ccccc2[C@@H]2O[C@@H]21. The molecule has 2 aliphatic rings. The van der Waals surface area contributed by atoms with E-state index in [0.29, 0.717) is 0 Å². The van der Waals surface area contributed by atoms with E-state index in [9.17, 15) is 5.11 Å². The van der Waals surface area contributed by atoms with E-state index in [1.165, 1.54) is 5.56 Å². The van der Waals surface area contributed by atoms with Gasteiger partial charge in [0.25, 0.3) is 0 Å². The van der Waals surface area contributed by atoms with E-state index in [4.69, 9.17) is 4.74 Å². The van der Waals surface area contributed by atoms with Crippen molar-refractivity contribution in [1.82, 2.24) is 0 Å². The number of hydrogen-bond acceptors (Lipinski definition) is 2. The van der Waals surface area contributed by atoms with Gasteiger partial charge in [-0.25, -0.2) is 0 Å². The molecule has 0 saturated carbocycles. The molecule has 74 valence electrons. The fraction of sp³-hybridized carbons (Fsp3) is 0.500. The van der Waals surface area contributed by atoms with Crippen LogP contribution in [0.4, 0.5) is 0 Å². The summed E-state index contributed by atoms with van der Waals surface area (Å²) >= 11 is 0. The fourth-order valence-electron chi connectivity index (χ4n) is 2.49. The molecule has 0 spiro atoms. The summed E-state index contributed by atoms with van der Waals surface area (Å²) in [5, 5.41) is 10.2. The maximum atomic E-state index is 10.2. The highest BCUT2D eigenvalue weighted by Gasteiger charge is 2.58. The first kappa shape index (κ1) is 8.45. The molecule has 3 rings (SSSR count). The highest BCUT2D eigenvalue weighted by Crippen LogP contribution is 2.59. The lowest BCUT2D eigenvalue weighted by atomic mass is 9.72. The first-order valence-corrected chi connectivity index (χ1v) is 5.04. The number of hydrogen-bond donors (Lipinski definition) is 1. The Bertz CT molecular complexity index is 384. The Kier molecular flexibility index (Phi) is 1.44. The molecular weight excluding hydrogens is 176 g/mol. The van der Waals surface area contributed by atoms with Crippen molar-refractivity contribution in [2.45, 2.75) is 32.2 Å². The third-order valence-electron chi connectivity index (χ3n) is 3.53. The van der Waals surface area contributed by atoms with Crippen LogP contribution in [0.5, 0.6) is 0 Å². The van der Waals surface area contributed by atoms with Gasteiger partial charge in [-0.2, -0.15) is 0 Å². The van der Waals surface area contributed by atoms with Gasteiger partial charge >= 0.3 is 0 Å². The lowest BCUT2D eigenvalue weighted by Gasteiger charge is -2.33. The molecule has 1 aliphatic heterocycles. The number of fused-ring (bicyclic) bond motifs is 3.